The third-order valence-electron chi connectivity index (χ3n) is 3.10. The lowest BCUT2D eigenvalue weighted by Crippen LogP contribution is -2.11. The molecule has 0 fully saturated rings. The van der Waals surface area contributed by atoms with E-state index >= 15 is 0 Å². The van der Waals surface area contributed by atoms with Gasteiger partial charge in [0, 0.05) is 23.5 Å². The molecule has 5 nitrogen and oxygen atoms in total. The number of nitrogens with one attached hydrogen (secondary N) is 1. The number of anilines is 1. The Labute approximate surface area is 133 Å². The zero-order valence-corrected chi connectivity index (χ0v) is 12.1. The highest BCUT2D eigenvalue weighted by Gasteiger charge is 2.06. The number of phenols is 1. The van der Waals surface area contributed by atoms with Crippen LogP contribution in [-0.2, 0) is 0 Å². The summed E-state index contributed by atoms with van der Waals surface area (Å²) in [5.41, 5.74) is 1.12. The molecule has 0 bridgehead atoms. The Morgan fingerprint density at radius 2 is 1.70 bits per heavy atom. The number of nitrogens with zero attached hydrogens (tertiary/aromatic N) is 1. The molecule has 0 aliphatic carbocycles. The summed E-state index contributed by atoms with van der Waals surface area (Å²) in [6.45, 7) is 0. The predicted molar refractivity (Wildman–Crippen MR) is 86.8 cm³/mol. The molecule has 0 radical (unpaired) electrons. The molecule has 3 rings (SSSR count). The van der Waals surface area contributed by atoms with Crippen molar-refractivity contribution in [1.82, 2.24) is 4.98 Å². The van der Waals surface area contributed by atoms with E-state index in [2.05, 4.69) is 10.3 Å². The van der Waals surface area contributed by atoms with Gasteiger partial charge in [0.15, 0.2) is 0 Å². The van der Waals surface area contributed by atoms with Crippen LogP contribution < -0.4 is 10.1 Å². The largest absolute Gasteiger partial charge is 0.508 e. The van der Waals surface area contributed by atoms with Crippen LogP contribution in [0, 0.1) is 0 Å². The molecule has 0 saturated heterocycles. The summed E-state index contributed by atoms with van der Waals surface area (Å²) in [5.74, 6) is 1.01. The van der Waals surface area contributed by atoms with E-state index < -0.39 is 0 Å². The number of benzene rings is 2. The number of rotatable bonds is 4. The normalized spacial score (nSPS) is 10.1. The number of aromatic nitrogens is 1. The third-order valence-corrected chi connectivity index (χ3v) is 3.10. The molecule has 3 aromatic rings. The highest BCUT2D eigenvalue weighted by atomic mass is 16.5. The van der Waals surface area contributed by atoms with Crippen molar-refractivity contribution in [3.05, 3.63) is 78.5 Å². The third kappa shape index (κ3) is 3.85. The maximum absolute atomic E-state index is 12.1. The lowest BCUT2D eigenvalue weighted by molar-refractivity contribution is 0.102. The standard InChI is InChI=1S/C18H14N2O3/c21-15-8-4-13(5-9-15)18(22)20-14-6-10-16(11-7-14)23-17-3-1-2-12-19-17/h1-12,21H,(H,20,22). The highest BCUT2D eigenvalue weighted by molar-refractivity contribution is 6.04. The lowest BCUT2D eigenvalue weighted by Gasteiger charge is -2.07. The Kier molecular flexibility index (Phi) is 4.20. The van der Waals surface area contributed by atoms with E-state index in [1.54, 1.807) is 48.7 Å². The summed E-state index contributed by atoms with van der Waals surface area (Å²) in [5, 5.41) is 12.0. The fourth-order valence-corrected chi connectivity index (χ4v) is 1.95. The van der Waals surface area contributed by atoms with Gasteiger partial charge in [-0.1, -0.05) is 6.07 Å². The van der Waals surface area contributed by atoms with E-state index in [-0.39, 0.29) is 11.7 Å². The van der Waals surface area contributed by atoms with Crippen molar-refractivity contribution in [2.45, 2.75) is 0 Å². The van der Waals surface area contributed by atoms with E-state index in [1.165, 1.54) is 12.1 Å². The smallest absolute Gasteiger partial charge is 0.255 e. The number of pyridine rings is 1. The summed E-state index contributed by atoms with van der Waals surface area (Å²) >= 11 is 0. The quantitative estimate of drug-likeness (QED) is 0.768. The van der Waals surface area contributed by atoms with Crippen molar-refractivity contribution >= 4 is 11.6 Å². The van der Waals surface area contributed by atoms with Crippen LogP contribution in [0.2, 0.25) is 0 Å². The molecular formula is C18H14N2O3. The van der Waals surface area contributed by atoms with Gasteiger partial charge in [0.2, 0.25) is 5.88 Å². The van der Waals surface area contributed by atoms with Crippen molar-refractivity contribution in [1.29, 1.82) is 0 Å². The summed E-state index contributed by atoms with van der Waals surface area (Å²) in [7, 11) is 0. The van der Waals surface area contributed by atoms with Gasteiger partial charge in [0.25, 0.3) is 5.91 Å². The number of hydrogen-bond donors (Lipinski definition) is 2. The maximum Gasteiger partial charge on any atom is 0.255 e. The maximum atomic E-state index is 12.1. The zero-order valence-electron chi connectivity index (χ0n) is 12.1. The van der Waals surface area contributed by atoms with Crippen LogP contribution in [0.3, 0.4) is 0 Å². The number of carbonyl (C=O) groups is 1. The minimum absolute atomic E-state index is 0.123. The van der Waals surface area contributed by atoms with Gasteiger partial charge in [0.1, 0.15) is 11.5 Å². The first kappa shape index (κ1) is 14.6. The van der Waals surface area contributed by atoms with Gasteiger partial charge in [-0.05, 0) is 54.6 Å². The molecule has 0 aliphatic rings. The molecule has 114 valence electrons. The number of phenolic OH excluding ortho intramolecular Hbond substituents is 1. The Bertz CT molecular complexity index is 785. The van der Waals surface area contributed by atoms with Crippen LogP contribution in [0.1, 0.15) is 10.4 Å². The van der Waals surface area contributed by atoms with E-state index in [9.17, 15) is 9.90 Å². The van der Waals surface area contributed by atoms with Crippen molar-refractivity contribution in [3.63, 3.8) is 0 Å². The average Bonchev–Trinajstić information content (AvgIpc) is 2.58. The highest BCUT2D eigenvalue weighted by Crippen LogP contribution is 2.21. The van der Waals surface area contributed by atoms with Gasteiger partial charge < -0.3 is 15.2 Å². The molecule has 1 aromatic heterocycles. The Hall–Kier alpha value is -3.34. The first-order valence-electron chi connectivity index (χ1n) is 7.00. The van der Waals surface area contributed by atoms with E-state index in [4.69, 9.17) is 4.74 Å². The molecular weight excluding hydrogens is 292 g/mol. The van der Waals surface area contributed by atoms with Gasteiger partial charge in [-0.15, -0.1) is 0 Å². The van der Waals surface area contributed by atoms with Crippen molar-refractivity contribution in [3.8, 4) is 17.4 Å². The summed E-state index contributed by atoms with van der Waals surface area (Å²) in [6.07, 6.45) is 1.65. The van der Waals surface area contributed by atoms with Crippen LogP contribution in [0.5, 0.6) is 17.4 Å². The number of amides is 1. The van der Waals surface area contributed by atoms with Gasteiger partial charge in [-0.2, -0.15) is 0 Å². The van der Waals surface area contributed by atoms with E-state index in [0.29, 0.717) is 22.9 Å². The molecule has 0 saturated carbocycles. The molecule has 2 aromatic carbocycles. The SMILES string of the molecule is O=C(Nc1ccc(Oc2ccccn2)cc1)c1ccc(O)cc1. The minimum atomic E-state index is -0.247. The number of aromatic hydroxyl groups is 1. The molecule has 0 unspecified atom stereocenters. The second kappa shape index (κ2) is 6.62. The molecule has 1 heterocycles. The van der Waals surface area contributed by atoms with Crippen LogP contribution in [0.25, 0.3) is 0 Å². The molecule has 0 atom stereocenters. The molecule has 23 heavy (non-hydrogen) atoms. The van der Waals surface area contributed by atoms with E-state index in [1.807, 2.05) is 12.1 Å². The van der Waals surface area contributed by atoms with Gasteiger partial charge in [-0.25, -0.2) is 4.98 Å². The van der Waals surface area contributed by atoms with Gasteiger partial charge in [0.05, 0.1) is 0 Å². The van der Waals surface area contributed by atoms with Crippen LogP contribution >= 0.6 is 0 Å². The molecule has 0 spiro atoms. The first-order valence-corrected chi connectivity index (χ1v) is 7.00. The van der Waals surface area contributed by atoms with Crippen molar-refractivity contribution in [2.75, 3.05) is 5.32 Å². The molecule has 2 N–H and O–H groups in total. The van der Waals surface area contributed by atoms with Gasteiger partial charge in [-0.3, -0.25) is 4.79 Å². The Morgan fingerprint density at radius 1 is 0.957 bits per heavy atom. The fourth-order valence-electron chi connectivity index (χ4n) is 1.95. The van der Waals surface area contributed by atoms with Gasteiger partial charge >= 0.3 is 0 Å². The van der Waals surface area contributed by atoms with Crippen molar-refractivity contribution in [2.24, 2.45) is 0 Å². The summed E-state index contributed by atoms with van der Waals surface area (Å²) in [6, 6.07) is 18.5. The number of carbonyl (C=O) groups excluding carboxylic acids is 1. The summed E-state index contributed by atoms with van der Waals surface area (Å²) < 4.78 is 5.58. The fraction of sp³-hybridized carbons (Fsp3) is 0. The Morgan fingerprint density at radius 3 is 2.35 bits per heavy atom. The monoisotopic (exact) mass is 306 g/mol. The lowest BCUT2D eigenvalue weighted by atomic mass is 10.2. The number of hydrogen-bond acceptors (Lipinski definition) is 4. The second-order valence-corrected chi connectivity index (χ2v) is 4.80. The predicted octanol–water partition coefficient (Wildman–Crippen LogP) is 3.83. The minimum Gasteiger partial charge on any atom is -0.508 e. The average molecular weight is 306 g/mol. The van der Waals surface area contributed by atoms with Crippen LogP contribution in [0.4, 0.5) is 5.69 Å². The zero-order chi connectivity index (χ0) is 16.1. The topological polar surface area (TPSA) is 71.5 Å². The first-order chi connectivity index (χ1) is 11.2. The molecule has 0 aliphatic heterocycles. The second-order valence-electron chi connectivity index (χ2n) is 4.80. The molecule has 1 amide bonds. The van der Waals surface area contributed by atoms with Crippen molar-refractivity contribution < 1.29 is 14.6 Å². The van der Waals surface area contributed by atoms with E-state index in [0.717, 1.165) is 0 Å². The molecule has 5 heteroatoms. The van der Waals surface area contributed by atoms with Crippen LogP contribution in [0.15, 0.2) is 72.9 Å². The Balaban J connectivity index is 1.65. The summed E-state index contributed by atoms with van der Waals surface area (Å²) in [4.78, 5) is 16.1. The number of ether oxygens (including phenoxy) is 1. The van der Waals surface area contributed by atoms with Crippen LogP contribution in [-0.4, -0.2) is 16.0 Å².